The Bertz CT molecular complexity index is 880. The number of hydrogen-bond acceptors (Lipinski definition) is 6. The zero-order valence-electron chi connectivity index (χ0n) is 14.2. The molecule has 0 unspecified atom stereocenters. The topological polar surface area (TPSA) is 67.8 Å². The first-order valence-electron chi connectivity index (χ1n) is 7.82. The number of thiazole rings is 1. The summed E-state index contributed by atoms with van der Waals surface area (Å²) in [4.78, 5) is 25.6. The van der Waals surface area contributed by atoms with Gasteiger partial charge in [-0.3, -0.25) is 4.79 Å². The van der Waals surface area contributed by atoms with Crippen LogP contribution in [0.2, 0.25) is 0 Å². The molecule has 1 atom stereocenters. The average molecular weight is 371 g/mol. The molecule has 0 spiro atoms. The van der Waals surface area contributed by atoms with Crippen LogP contribution in [0, 0.1) is 13.8 Å². The zero-order chi connectivity index (χ0) is 17.8. The van der Waals surface area contributed by atoms with E-state index in [2.05, 4.69) is 20.3 Å². The van der Waals surface area contributed by atoms with E-state index in [0.29, 0.717) is 11.0 Å². The molecular weight excluding hydrogens is 352 g/mol. The molecule has 25 heavy (non-hydrogen) atoms. The van der Waals surface area contributed by atoms with Crippen molar-refractivity contribution in [1.82, 2.24) is 15.0 Å². The van der Waals surface area contributed by atoms with Crippen LogP contribution in [0.15, 0.2) is 46.8 Å². The van der Waals surface area contributed by atoms with Gasteiger partial charge in [-0.2, -0.15) is 0 Å². The molecule has 1 amide bonds. The second kappa shape index (κ2) is 7.76. The maximum Gasteiger partial charge on any atom is 0.239 e. The normalized spacial score (nSPS) is 12.0. The third kappa shape index (κ3) is 4.64. The number of aryl methyl sites for hydroxylation is 2. The molecule has 5 nitrogen and oxygen atoms in total. The first-order chi connectivity index (χ1) is 12.0. The summed E-state index contributed by atoms with van der Waals surface area (Å²) in [7, 11) is 0. The first kappa shape index (κ1) is 17.6. The third-order valence-corrected chi connectivity index (χ3v) is 5.29. The van der Waals surface area contributed by atoms with Crippen LogP contribution in [0.25, 0.3) is 11.3 Å². The summed E-state index contributed by atoms with van der Waals surface area (Å²) in [6.45, 7) is 5.62. The Labute approximate surface area is 155 Å². The molecule has 0 saturated carbocycles. The van der Waals surface area contributed by atoms with Crippen molar-refractivity contribution in [3.63, 3.8) is 0 Å². The van der Waals surface area contributed by atoms with E-state index < -0.39 is 0 Å². The number of rotatable bonds is 5. The van der Waals surface area contributed by atoms with E-state index in [4.69, 9.17) is 0 Å². The Morgan fingerprint density at radius 3 is 2.60 bits per heavy atom. The minimum atomic E-state index is -0.290. The van der Waals surface area contributed by atoms with Crippen LogP contribution in [0.1, 0.15) is 18.4 Å². The predicted molar refractivity (Wildman–Crippen MR) is 103 cm³/mol. The van der Waals surface area contributed by atoms with Crippen molar-refractivity contribution in [2.45, 2.75) is 31.0 Å². The smallest absolute Gasteiger partial charge is 0.239 e. The lowest BCUT2D eigenvalue weighted by atomic mass is 10.1. The average Bonchev–Trinajstić information content (AvgIpc) is 3.00. The van der Waals surface area contributed by atoms with E-state index in [0.717, 1.165) is 22.0 Å². The molecule has 128 valence electrons. The molecule has 0 aliphatic heterocycles. The van der Waals surface area contributed by atoms with E-state index in [1.165, 1.54) is 23.1 Å². The second-order valence-corrected chi connectivity index (χ2v) is 7.77. The molecule has 0 aliphatic carbocycles. The molecule has 0 bridgehead atoms. The highest BCUT2D eigenvalue weighted by molar-refractivity contribution is 8.00. The lowest BCUT2D eigenvalue weighted by Gasteiger charge is -2.11. The van der Waals surface area contributed by atoms with Crippen molar-refractivity contribution in [2.24, 2.45) is 0 Å². The van der Waals surface area contributed by atoms with Crippen molar-refractivity contribution >= 4 is 34.1 Å². The lowest BCUT2D eigenvalue weighted by molar-refractivity contribution is -0.115. The fraction of sp³-hybridized carbons (Fsp3) is 0.222. The van der Waals surface area contributed by atoms with Gasteiger partial charge in [0.05, 0.1) is 16.6 Å². The molecule has 7 heteroatoms. The fourth-order valence-corrected chi connectivity index (χ4v) is 3.79. The highest BCUT2D eigenvalue weighted by atomic mass is 32.2. The van der Waals surface area contributed by atoms with Crippen LogP contribution in [0.4, 0.5) is 5.13 Å². The summed E-state index contributed by atoms with van der Waals surface area (Å²) >= 11 is 2.84. The summed E-state index contributed by atoms with van der Waals surface area (Å²) in [5.41, 5.74) is 2.79. The largest absolute Gasteiger partial charge is 0.301 e. The molecular formula is C18H18N4OS2. The number of hydrogen-bond donors (Lipinski definition) is 1. The molecule has 0 fully saturated rings. The van der Waals surface area contributed by atoms with Crippen LogP contribution < -0.4 is 5.32 Å². The van der Waals surface area contributed by atoms with Gasteiger partial charge in [0.15, 0.2) is 5.13 Å². The molecule has 0 saturated heterocycles. The second-order valence-electron chi connectivity index (χ2n) is 5.55. The highest BCUT2D eigenvalue weighted by Crippen LogP contribution is 2.27. The van der Waals surface area contributed by atoms with E-state index in [9.17, 15) is 4.79 Å². The van der Waals surface area contributed by atoms with Crippen molar-refractivity contribution in [2.75, 3.05) is 5.32 Å². The standard InChI is InChI=1S/C18H18N4OS2/c1-11-10-24-18(19-11)22-17(23)12(2)25-16-9-15(20-13(3)21-16)14-7-5-4-6-8-14/h4-10,12H,1-3H3,(H,19,22,23)/t12-/m0/s1. The van der Waals surface area contributed by atoms with Gasteiger partial charge in [-0.15, -0.1) is 11.3 Å². The maximum atomic E-state index is 12.4. The quantitative estimate of drug-likeness (QED) is 0.535. The maximum absolute atomic E-state index is 12.4. The van der Waals surface area contributed by atoms with Crippen LogP contribution in [-0.2, 0) is 4.79 Å². The molecule has 1 N–H and O–H groups in total. The highest BCUT2D eigenvalue weighted by Gasteiger charge is 2.17. The Balaban J connectivity index is 1.73. The monoisotopic (exact) mass is 370 g/mol. The number of carbonyl (C=O) groups is 1. The molecule has 3 aromatic rings. The van der Waals surface area contributed by atoms with Gasteiger partial charge in [0.1, 0.15) is 10.9 Å². The molecule has 2 heterocycles. The number of benzene rings is 1. The first-order valence-corrected chi connectivity index (χ1v) is 9.58. The number of carbonyl (C=O) groups excluding carboxylic acids is 1. The molecule has 1 aromatic carbocycles. The SMILES string of the molecule is Cc1csc(NC(=O)[C@H](C)Sc2cc(-c3ccccc3)nc(C)n2)n1. The number of thioether (sulfide) groups is 1. The Morgan fingerprint density at radius 1 is 1.16 bits per heavy atom. The fourth-order valence-electron chi connectivity index (χ4n) is 2.21. The van der Waals surface area contributed by atoms with Gasteiger partial charge in [-0.25, -0.2) is 15.0 Å². The molecule has 0 aliphatic rings. The van der Waals surface area contributed by atoms with Gasteiger partial charge in [-0.05, 0) is 26.8 Å². The molecule has 2 aromatic heterocycles. The van der Waals surface area contributed by atoms with Crippen LogP contribution >= 0.6 is 23.1 Å². The zero-order valence-corrected chi connectivity index (χ0v) is 15.8. The number of amides is 1. The Morgan fingerprint density at radius 2 is 1.92 bits per heavy atom. The van der Waals surface area contributed by atoms with Gasteiger partial charge in [0.2, 0.25) is 5.91 Å². The minimum absolute atomic E-state index is 0.0862. The van der Waals surface area contributed by atoms with Crippen molar-refractivity contribution < 1.29 is 4.79 Å². The van der Waals surface area contributed by atoms with Crippen LogP contribution in [0.3, 0.4) is 0 Å². The summed E-state index contributed by atoms with van der Waals surface area (Å²) < 4.78 is 0. The van der Waals surface area contributed by atoms with Gasteiger partial charge >= 0.3 is 0 Å². The van der Waals surface area contributed by atoms with Crippen LogP contribution in [-0.4, -0.2) is 26.1 Å². The van der Waals surface area contributed by atoms with Gasteiger partial charge < -0.3 is 5.32 Å². The molecule has 3 rings (SSSR count). The van der Waals surface area contributed by atoms with Gasteiger partial charge in [0, 0.05) is 10.9 Å². The predicted octanol–water partition coefficient (Wildman–Crippen LogP) is 4.34. The Kier molecular flexibility index (Phi) is 5.45. The molecule has 0 radical (unpaired) electrons. The van der Waals surface area contributed by atoms with Crippen molar-refractivity contribution in [3.8, 4) is 11.3 Å². The van der Waals surface area contributed by atoms with Gasteiger partial charge in [-0.1, -0.05) is 42.1 Å². The number of nitrogens with zero attached hydrogens (tertiary/aromatic N) is 3. The van der Waals surface area contributed by atoms with Crippen LogP contribution in [0.5, 0.6) is 0 Å². The van der Waals surface area contributed by atoms with Gasteiger partial charge in [0.25, 0.3) is 0 Å². The van der Waals surface area contributed by atoms with E-state index in [1.54, 1.807) is 0 Å². The number of anilines is 1. The minimum Gasteiger partial charge on any atom is -0.301 e. The van der Waals surface area contributed by atoms with Crippen molar-refractivity contribution in [3.05, 3.63) is 53.3 Å². The third-order valence-electron chi connectivity index (χ3n) is 3.40. The summed E-state index contributed by atoms with van der Waals surface area (Å²) in [6.07, 6.45) is 0. The number of aromatic nitrogens is 3. The van der Waals surface area contributed by atoms with E-state index in [1.807, 2.05) is 62.5 Å². The van der Waals surface area contributed by atoms with E-state index in [-0.39, 0.29) is 11.2 Å². The lowest BCUT2D eigenvalue weighted by Crippen LogP contribution is -2.22. The Hall–Kier alpha value is -2.25. The summed E-state index contributed by atoms with van der Waals surface area (Å²) in [6, 6.07) is 11.9. The van der Waals surface area contributed by atoms with Crippen molar-refractivity contribution in [1.29, 1.82) is 0 Å². The van der Waals surface area contributed by atoms with E-state index >= 15 is 0 Å². The summed E-state index contributed by atoms with van der Waals surface area (Å²) in [5, 5.41) is 5.87. The number of nitrogens with one attached hydrogen (secondary N) is 1. The summed E-state index contributed by atoms with van der Waals surface area (Å²) in [5.74, 6) is 0.601.